The molecule has 1 aromatic heterocycles. The smallest absolute Gasteiger partial charge is 0.387 e. The second-order valence-electron chi connectivity index (χ2n) is 6.55. The Kier molecular flexibility index (Phi) is 8.55. The Morgan fingerprint density at radius 2 is 1.62 bits per heavy atom. The third kappa shape index (κ3) is 8.17. The molecule has 1 fully saturated rings. The van der Waals surface area contributed by atoms with E-state index in [1.54, 1.807) is 4.98 Å². The predicted molar refractivity (Wildman–Crippen MR) is 96.8 cm³/mol. The van der Waals surface area contributed by atoms with Crippen LogP contribution in [-0.2, 0) is 38.1 Å². The molecule has 34 heavy (non-hydrogen) atoms. The molecule has 23 heteroatoms. The molecule has 2 rings (SSSR count). The van der Waals surface area contributed by atoms with Gasteiger partial charge in [-0.25, -0.2) is 18.5 Å². The highest BCUT2D eigenvalue weighted by atomic mass is 31.3. The molecule has 0 aliphatic carbocycles. The predicted octanol–water partition coefficient (Wildman–Crippen LogP) is -1.40. The lowest BCUT2D eigenvalue weighted by atomic mass is 10.0. The van der Waals surface area contributed by atoms with E-state index in [1.807, 2.05) is 0 Å². The molecule has 3 unspecified atom stereocenters. The van der Waals surface area contributed by atoms with E-state index in [1.165, 1.54) is 0 Å². The van der Waals surface area contributed by atoms with Crippen LogP contribution in [0.1, 0.15) is 11.7 Å². The molecule has 6 atom stereocenters. The first kappa shape index (κ1) is 29.0. The molecule has 0 aromatic carbocycles. The second kappa shape index (κ2) is 10.0. The van der Waals surface area contributed by atoms with Crippen molar-refractivity contribution < 1.29 is 74.5 Å². The highest BCUT2D eigenvalue weighted by Gasteiger charge is 2.47. The summed E-state index contributed by atoms with van der Waals surface area (Å²) in [6.45, 7) is -3.05. The fraction of sp³-hybridized carbons (Fsp3) is 0.636. The minimum absolute atomic E-state index is 0.0403. The van der Waals surface area contributed by atoms with Gasteiger partial charge >= 0.3 is 35.3 Å². The number of hydrogen-bond donors (Lipinski definition) is 7. The second-order valence-corrected chi connectivity index (χ2v) is 11.0. The number of aromatic nitrogens is 2. The van der Waals surface area contributed by atoms with Crippen molar-refractivity contribution >= 4 is 23.5 Å². The van der Waals surface area contributed by atoms with E-state index in [-0.39, 0.29) is 4.57 Å². The monoisotopic (exact) mass is 566 g/mol. The molecule has 0 spiro atoms. The molecular weight excluding hydrogens is 550 g/mol. The van der Waals surface area contributed by atoms with Gasteiger partial charge in [0.05, 0.1) is 12.2 Å². The zero-order valence-electron chi connectivity index (χ0n) is 16.1. The lowest BCUT2D eigenvalue weighted by Crippen LogP contribution is -2.38. The standard InChI is InChI=1S/C11H16F3N2O15P3/c12-11(13,14)3-16-1-4(9(19)15-10(16)20)8-7(18)6(17)5(29-8)2-28-33(24,25)31-34(26,27)30-32(21,22)23/h1,5-8,17-18H,2-3H2,(H,24,25)(H,26,27)(H,15,19,20)(H2,21,22,23)/t5-,6+,7?,8+/m1/s1. The molecule has 0 amide bonds. The first-order chi connectivity index (χ1) is 15.2. The number of alkyl halides is 3. The fourth-order valence-electron chi connectivity index (χ4n) is 2.65. The quantitative estimate of drug-likeness (QED) is 0.170. The number of halogens is 3. The molecule has 0 radical (unpaired) electrons. The van der Waals surface area contributed by atoms with Crippen LogP contribution in [0.3, 0.4) is 0 Å². The maximum atomic E-state index is 12.6. The summed E-state index contributed by atoms with van der Waals surface area (Å²) in [5, 5.41) is 20.1. The number of aliphatic hydroxyl groups is 2. The summed E-state index contributed by atoms with van der Waals surface area (Å²) in [7, 11) is -17.1. The van der Waals surface area contributed by atoms with Crippen molar-refractivity contribution in [2.24, 2.45) is 0 Å². The van der Waals surface area contributed by atoms with Gasteiger partial charge in [-0.05, 0) is 0 Å². The van der Waals surface area contributed by atoms with E-state index >= 15 is 0 Å². The summed E-state index contributed by atoms with van der Waals surface area (Å²) < 4.78 is 87.7. The van der Waals surface area contributed by atoms with Gasteiger partial charge in [0.15, 0.2) is 0 Å². The van der Waals surface area contributed by atoms with Gasteiger partial charge in [0, 0.05) is 6.20 Å². The molecule has 1 aliphatic heterocycles. The Balaban J connectivity index is 2.17. The zero-order chi connectivity index (χ0) is 26.3. The number of hydrogen-bond acceptors (Lipinski definition) is 11. The molecule has 1 aromatic rings. The normalized spacial score (nSPS) is 27.3. The Hall–Kier alpha value is -1.24. The SMILES string of the molecule is O=c1[nH]c(=O)n(CC(F)(F)F)cc1[C@@H]1O[C@H](COP(=O)(O)OP(=O)(O)OP(=O)(O)O)[C@H](O)C1O. The van der Waals surface area contributed by atoms with E-state index in [0.717, 1.165) is 0 Å². The number of nitrogens with zero attached hydrogens (tertiary/aromatic N) is 1. The summed E-state index contributed by atoms with van der Waals surface area (Å²) in [5.74, 6) is 0. The summed E-state index contributed by atoms with van der Waals surface area (Å²) in [4.78, 5) is 60.5. The Morgan fingerprint density at radius 3 is 2.15 bits per heavy atom. The van der Waals surface area contributed by atoms with E-state index in [2.05, 4.69) is 13.1 Å². The van der Waals surface area contributed by atoms with E-state index in [0.29, 0.717) is 6.20 Å². The van der Waals surface area contributed by atoms with Crippen molar-refractivity contribution in [1.82, 2.24) is 9.55 Å². The van der Waals surface area contributed by atoms with Crippen LogP contribution >= 0.6 is 23.5 Å². The van der Waals surface area contributed by atoms with Crippen LogP contribution in [0.25, 0.3) is 0 Å². The number of aliphatic hydroxyl groups excluding tert-OH is 2. The van der Waals surface area contributed by atoms with Gasteiger partial charge in [-0.15, -0.1) is 0 Å². The van der Waals surface area contributed by atoms with Crippen LogP contribution < -0.4 is 11.2 Å². The van der Waals surface area contributed by atoms with Gasteiger partial charge < -0.3 is 34.5 Å². The van der Waals surface area contributed by atoms with Crippen molar-refractivity contribution in [3.05, 3.63) is 32.6 Å². The van der Waals surface area contributed by atoms with Crippen molar-refractivity contribution in [3.8, 4) is 0 Å². The minimum Gasteiger partial charge on any atom is -0.387 e. The highest BCUT2D eigenvalue weighted by molar-refractivity contribution is 7.66. The van der Waals surface area contributed by atoms with Crippen molar-refractivity contribution in [1.29, 1.82) is 0 Å². The number of rotatable bonds is 9. The molecule has 0 saturated carbocycles. The van der Waals surface area contributed by atoms with Crippen molar-refractivity contribution in [2.45, 2.75) is 37.1 Å². The van der Waals surface area contributed by atoms with Crippen LogP contribution in [0.2, 0.25) is 0 Å². The van der Waals surface area contributed by atoms with E-state index in [4.69, 9.17) is 19.4 Å². The first-order valence-corrected chi connectivity index (χ1v) is 12.9. The molecule has 17 nitrogen and oxygen atoms in total. The fourth-order valence-corrected chi connectivity index (χ4v) is 5.68. The molecule has 196 valence electrons. The van der Waals surface area contributed by atoms with Gasteiger partial charge in [0.1, 0.15) is 31.0 Å². The number of nitrogens with one attached hydrogen (secondary N) is 1. The van der Waals surface area contributed by atoms with Crippen LogP contribution in [0.5, 0.6) is 0 Å². The maximum Gasteiger partial charge on any atom is 0.490 e. The number of phosphoric acid groups is 3. The molecular formula is C11H16F3N2O15P3. The number of aromatic amines is 1. The molecule has 7 N–H and O–H groups in total. The van der Waals surface area contributed by atoms with Crippen LogP contribution in [0.15, 0.2) is 15.8 Å². The molecule has 1 saturated heterocycles. The van der Waals surface area contributed by atoms with Crippen molar-refractivity contribution in [3.63, 3.8) is 0 Å². The van der Waals surface area contributed by atoms with Crippen molar-refractivity contribution in [2.75, 3.05) is 6.61 Å². The van der Waals surface area contributed by atoms with Crippen LogP contribution in [0, 0.1) is 0 Å². The topological polar surface area (TPSA) is 264 Å². The third-order valence-electron chi connectivity index (χ3n) is 3.87. The Morgan fingerprint density at radius 1 is 1.03 bits per heavy atom. The van der Waals surface area contributed by atoms with Gasteiger partial charge in [-0.1, -0.05) is 0 Å². The molecule has 0 bridgehead atoms. The zero-order valence-corrected chi connectivity index (χ0v) is 18.8. The Labute approximate surface area is 184 Å². The van der Waals surface area contributed by atoms with Crippen LogP contribution in [0.4, 0.5) is 13.2 Å². The largest absolute Gasteiger partial charge is 0.490 e. The number of H-pyrrole nitrogens is 1. The average molecular weight is 566 g/mol. The summed E-state index contributed by atoms with van der Waals surface area (Å²) in [5.41, 5.74) is -3.47. The van der Waals surface area contributed by atoms with Gasteiger partial charge in [-0.3, -0.25) is 18.9 Å². The average Bonchev–Trinajstić information content (AvgIpc) is 2.86. The lowest BCUT2D eigenvalue weighted by Gasteiger charge is -2.19. The molecule has 2 heterocycles. The number of ether oxygens (including phenoxy) is 1. The first-order valence-electron chi connectivity index (χ1n) is 8.40. The lowest BCUT2D eigenvalue weighted by molar-refractivity contribution is -0.141. The van der Waals surface area contributed by atoms with E-state index in [9.17, 15) is 51.6 Å². The van der Waals surface area contributed by atoms with E-state index < -0.39 is 84.0 Å². The Bertz CT molecular complexity index is 1160. The molecule has 1 aliphatic rings. The maximum absolute atomic E-state index is 12.6. The highest BCUT2D eigenvalue weighted by Crippen LogP contribution is 2.66. The summed E-state index contributed by atoms with van der Waals surface area (Å²) in [6.07, 6.45) is -12.2. The van der Waals surface area contributed by atoms with Gasteiger partial charge in [0.2, 0.25) is 0 Å². The minimum atomic E-state index is -5.84. The number of phosphoric ester groups is 1. The van der Waals surface area contributed by atoms with Gasteiger partial charge in [-0.2, -0.15) is 21.8 Å². The van der Waals surface area contributed by atoms with Gasteiger partial charge in [0.25, 0.3) is 5.56 Å². The third-order valence-corrected chi connectivity index (χ3v) is 7.68. The summed E-state index contributed by atoms with van der Waals surface area (Å²) >= 11 is 0. The van der Waals surface area contributed by atoms with Crippen LogP contribution in [-0.4, -0.2) is 70.4 Å². The summed E-state index contributed by atoms with van der Waals surface area (Å²) in [6, 6.07) is 0.